The van der Waals surface area contributed by atoms with Crippen LogP contribution in [0.15, 0.2) is 66.7 Å². The molecule has 4 rings (SSSR count). The summed E-state index contributed by atoms with van der Waals surface area (Å²) in [6.07, 6.45) is -0.978. The molecule has 0 aromatic heterocycles. The lowest BCUT2D eigenvalue weighted by Crippen LogP contribution is -2.50. The highest BCUT2D eigenvalue weighted by Crippen LogP contribution is 2.40. The van der Waals surface area contributed by atoms with Crippen molar-refractivity contribution in [3.63, 3.8) is 0 Å². The second-order valence-electron chi connectivity index (χ2n) is 8.83. The van der Waals surface area contributed by atoms with Crippen LogP contribution in [0, 0.1) is 17.5 Å². The lowest BCUT2D eigenvalue weighted by Gasteiger charge is -2.44. The Balaban J connectivity index is 1.53. The molecular formula is C27H27F3N2O3. The summed E-state index contributed by atoms with van der Waals surface area (Å²) in [5.74, 6) is -1.71. The number of carbonyl (C=O) groups is 1. The van der Waals surface area contributed by atoms with Crippen LogP contribution in [-0.2, 0) is 10.3 Å². The molecule has 0 saturated carbocycles. The lowest BCUT2D eigenvalue weighted by atomic mass is 9.83. The summed E-state index contributed by atoms with van der Waals surface area (Å²) < 4.78 is 46.8. The summed E-state index contributed by atoms with van der Waals surface area (Å²) in [4.78, 5) is 14.7. The first kappa shape index (κ1) is 24.8. The minimum Gasteiger partial charge on any atom is -0.438 e. The summed E-state index contributed by atoms with van der Waals surface area (Å²) >= 11 is 0. The first-order valence-electron chi connectivity index (χ1n) is 11.4. The van der Waals surface area contributed by atoms with Gasteiger partial charge in [-0.3, -0.25) is 0 Å². The summed E-state index contributed by atoms with van der Waals surface area (Å²) in [6, 6.07) is 15.8. The Hall–Kier alpha value is -3.36. The zero-order valence-electron chi connectivity index (χ0n) is 19.3. The van der Waals surface area contributed by atoms with E-state index in [2.05, 4.69) is 0 Å². The monoisotopic (exact) mass is 484 g/mol. The molecule has 184 valence electrons. The number of carbonyl (C=O) groups excluding carboxylic acids is 1. The van der Waals surface area contributed by atoms with Gasteiger partial charge in [-0.2, -0.15) is 0 Å². The van der Waals surface area contributed by atoms with Crippen LogP contribution < -0.4 is 5.73 Å². The molecule has 0 bridgehead atoms. The third-order valence-corrected chi connectivity index (χ3v) is 6.58. The van der Waals surface area contributed by atoms with Gasteiger partial charge in [-0.1, -0.05) is 36.4 Å². The molecule has 35 heavy (non-hydrogen) atoms. The van der Waals surface area contributed by atoms with Crippen molar-refractivity contribution in [1.29, 1.82) is 0 Å². The Morgan fingerprint density at radius 3 is 2.29 bits per heavy atom. The van der Waals surface area contributed by atoms with E-state index in [-0.39, 0.29) is 24.6 Å². The molecule has 1 fully saturated rings. The van der Waals surface area contributed by atoms with Gasteiger partial charge in [0.25, 0.3) is 0 Å². The van der Waals surface area contributed by atoms with Crippen LogP contribution in [0.5, 0.6) is 0 Å². The van der Waals surface area contributed by atoms with Crippen LogP contribution in [0.2, 0.25) is 0 Å². The molecule has 8 heteroatoms. The minimum atomic E-state index is -1.12. The number of rotatable bonds is 7. The third-order valence-electron chi connectivity index (χ3n) is 6.58. The van der Waals surface area contributed by atoms with E-state index in [1.165, 1.54) is 24.3 Å². The predicted molar refractivity (Wildman–Crippen MR) is 126 cm³/mol. The highest BCUT2D eigenvalue weighted by molar-refractivity contribution is 5.70. The number of benzene rings is 3. The number of aliphatic hydroxyl groups is 1. The van der Waals surface area contributed by atoms with Gasteiger partial charge in [-0.05, 0) is 47.9 Å². The fourth-order valence-electron chi connectivity index (χ4n) is 4.55. The first-order valence-corrected chi connectivity index (χ1v) is 11.4. The standard InChI is InChI=1S/C27H27F3N2O3/c1-17(18-2-4-19(5-3-18)24-11-10-22(29)14-25(24)30)32-13-12-27(35-26(32)34,15-23(33)16-31)20-6-8-21(28)9-7-20/h2-11,14,17,23,33H,12-13,15-16,31H2,1H3/t17-,23?,27-/m0/s1. The van der Waals surface area contributed by atoms with E-state index in [4.69, 9.17) is 10.5 Å². The number of nitrogens with zero attached hydrogens (tertiary/aromatic N) is 1. The van der Waals surface area contributed by atoms with Gasteiger partial charge in [0.1, 0.15) is 23.1 Å². The molecule has 3 aromatic rings. The summed E-state index contributed by atoms with van der Waals surface area (Å²) in [7, 11) is 0. The molecule has 1 amide bonds. The number of cyclic esters (lactones) is 1. The van der Waals surface area contributed by atoms with Crippen molar-refractivity contribution in [3.05, 3.63) is 95.3 Å². The van der Waals surface area contributed by atoms with Gasteiger partial charge in [0.2, 0.25) is 0 Å². The number of amides is 1. The van der Waals surface area contributed by atoms with Crippen LogP contribution in [0.25, 0.3) is 11.1 Å². The smallest absolute Gasteiger partial charge is 0.411 e. The van der Waals surface area contributed by atoms with Crippen LogP contribution in [-0.4, -0.2) is 35.3 Å². The Morgan fingerprint density at radius 2 is 1.69 bits per heavy atom. The Morgan fingerprint density at radius 1 is 1.03 bits per heavy atom. The highest BCUT2D eigenvalue weighted by Gasteiger charge is 2.44. The molecular weight excluding hydrogens is 457 g/mol. The van der Waals surface area contributed by atoms with Gasteiger partial charge >= 0.3 is 6.09 Å². The maximum absolute atomic E-state index is 14.1. The second-order valence-corrected chi connectivity index (χ2v) is 8.83. The first-order chi connectivity index (χ1) is 16.7. The maximum atomic E-state index is 14.1. The molecule has 3 atom stereocenters. The van der Waals surface area contributed by atoms with E-state index < -0.39 is 35.2 Å². The van der Waals surface area contributed by atoms with E-state index in [0.717, 1.165) is 11.6 Å². The number of aliphatic hydroxyl groups excluding tert-OH is 1. The van der Waals surface area contributed by atoms with Gasteiger partial charge in [0.15, 0.2) is 0 Å². The average molecular weight is 485 g/mol. The summed E-state index contributed by atoms with van der Waals surface area (Å²) in [5.41, 5.74) is 6.76. The molecule has 0 aliphatic carbocycles. The Labute approximate surface area is 201 Å². The van der Waals surface area contributed by atoms with E-state index in [1.54, 1.807) is 41.3 Å². The van der Waals surface area contributed by atoms with Crippen molar-refractivity contribution in [3.8, 4) is 11.1 Å². The molecule has 3 N–H and O–H groups in total. The minimum absolute atomic E-state index is 0.00160. The van der Waals surface area contributed by atoms with Gasteiger partial charge < -0.3 is 20.5 Å². The largest absolute Gasteiger partial charge is 0.438 e. The lowest BCUT2D eigenvalue weighted by molar-refractivity contribution is -0.0826. The van der Waals surface area contributed by atoms with Crippen molar-refractivity contribution in [2.24, 2.45) is 5.73 Å². The van der Waals surface area contributed by atoms with Gasteiger partial charge in [-0.25, -0.2) is 18.0 Å². The number of hydrogen-bond acceptors (Lipinski definition) is 4. The molecule has 0 radical (unpaired) electrons. The van der Waals surface area contributed by atoms with E-state index >= 15 is 0 Å². The quantitative estimate of drug-likeness (QED) is 0.479. The summed E-state index contributed by atoms with van der Waals surface area (Å²) in [6.45, 7) is 2.19. The van der Waals surface area contributed by atoms with Crippen molar-refractivity contribution in [2.45, 2.75) is 37.5 Å². The number of ether oxygens (including phenoxy) is 1. The van der Waals surface area contributed by atoms with Crippen molar-refractivity contribution in [2.75, 3.05) is 13.1 Å². The number of halogens is 3. The molecule has 1 aliphatic rings. The molecule has 1 heterocycles. The fraction of sp³-hybridized carbons (Fsp3) is 0.296. The maximum Gasteiger partial charge on any atom is 0.411 e. The Bertz CT molecular complexity index is 1190. The van der Waals surface area contributed by atoms with Crippen molar-refractivity contribution >= 4 is 6.09 Å². The molecule has 1 unspecified atom stereocenters. The van der Waals surface area contributed by atoms with Gasteiger partial charge in [0, 0.05) is 37.6 Å². The predicted octanol–water partition coefficient (Wildman–Crippen LogP) is 5.28. The fourth-order valence-corrected chi connectivity index (χ4v) is 4.55. The van der Waals surface area contributed by atoms with E-state index in [1.807, 2.05) is 6.92 Å². The molecule has 1 saturated heterocycles. The molecule has 3 aromatic carbocycles. The van der Waals surface area contributed by atoms with Crippen LogP contribution >= 0.6 is 0 Å². The SMILES string of the molecule is C[C@@H](c1ccc(-c2ccc(F)cc2F)cc1)N1CC[C@](CC(O)CN)(c2ccc(F)cc2)OC1=O. The average Bonchev–Trinajstić information content (AvgIpc) is 2.84. The van der Waals surface area contributed by atoms with Crippen LogP contribution in [0.3, 0.4) is 0 Å². The van der Waals surface area contributed by atoms with Crippen molar-refractivity contribution in [1.82, 2.24) is 4.90 Å². The molecule has 5 nitrogen and oxygen atoms in total. The van der Waals surface area contributed by atoms with E-state index in [9.17, 15) is 23.1 Å². The normalized spacial score (nSPS) is 19.8. The van der Waals surface area contributed by atoms with E-state index in [0.29, 0.717) is 24.1 Å². The molecule has 0 spiro atoms. The highest BCUT2D eigenvalue weighted by atomic mass is 19.1. The molecule has 1 aliphatic heterocycles. The third kappa shape index (κ3) is 5.18. The Kier molecular flexibility index (Phi) is 7.14. The number of nitrogens with two attached hydrogens (primary N) is 1. The zero-order valence-corrected chi connectivity index (χ0v) is 19.3. The van der Waals surface area contributed by atoms with Crippen molar-refractivity contribution < 1.29 is 27.8 Å². The van der Waals surface area contributed by atoms with Gasteiger partial charge in [-0.15, -0.1) is 0 Å². The van der Waals surface area contributed by atoms with Gasteiger partial charge in [0.05, 0.1) is 12.1 Å². The summed E-state index contributed by atoms with van der Waals surface area (Å²) in [5, 5.41) is 10.2. The zero-order chi connectivity index (χ0) is 25.2. The number of hydrogen-bond donors (Lipinski definition) is 2. The van der Waals surface area contributed by atoms with Crippen LogP contribution in [0.4, 0.5) is 18.0 Å². The topological polar surface area (TPSA) is 75.8 Å². The van der Waals surface area contributed by atoms with Crippen LogP contribution in [0.1, 0.15) is 36.9 Å². The second kappa shape index (κ2) is 10.1.